The Hall–Kier alpha value is -3.30. The Balaban J connectivity index is 2.15. The molecule has 9 nitrogen and oxygen atoms in total. The molecule has 1 aromatic carbocycles. The number of aromatic amines is 1. The van der Waals surface area contributed by atoms with E-state index in [0.717, 1.165) is 18.5 Å². The molecule has 0 unspecified atom stereocenters. The number of carbonyl (C=O) groups excluding carboxylic acids is 1. The summed E-state index contributed by atoms with van der Waals surface area (Å²) in [5, 5.41) is 10.7. The number of H-pyrrole nitrogens is 1. The number of benzene rings is 1. The van der Waals surface area contributed by atoms with Crippen molar-refractivity contribution in [1.29, 1.82) is 0 Å². The molecule has 0 saturated carbocycles. The van der Waals surface area contributed by atoms with Crippen LogP contribution in [0.15, 0.2) is 35.4 Å². The summed E-state index contributed by atoms with van der Waals surface area (Å²) in [4.78, 5) is 38.4. The normalized spacial score (nSPS) is 9.95. The molecule has 10 heteroatoms. The van der Waals surface area contributed by atoms with Crippen LogP contribution in [0, 0.1) is 15.9 Å². The van der Waals surface area contributed by atoms with E-state index in [1.807, 2.05) is 4.98 Å². The lowest BCUT2D eigenvalue weighted by Crippen LogP contribution is -2.31. The van der Waals surface area contributed by atoms with Gasteiger partial charge in [0.1, 0.15) is 5.82 Å². The van der Waals surface area contributed by atoms with E-state index < -0.39 is 33.7 Å². The van der Waals surface area contributed by atoms with E-state index in [9.17, 15) is 24.1 Å². The van der Waals surface area contributed by atoms with Crippen LogP contribution in [0.4, 0.5) is 15.9 Å². The van der Waals surface area contributed by atoms with Gasteiger partial charge in [-0.2, -0.15) is 0 Å². The number of hydrogen-bond acceptors (Lipinski definition) is 6. The molecule has 0 aliphatic carbocycles. The third kappa shape index (κ3) is 3.18. The van der Waals surface area contributed by atoms with Gasteiger partial charge in [0, 0.05) is 5.56 Å². The number of aromatic nitrogens is 2. The minimum atomic E-state index is -0.964. The minimum Gasteiger partial charge on any atom is -0.307 e. The number of hydrogen-bond donors (Lipinski definition) is 3. The Kier molecular flexibility index (Phi) is 3.88. The molecule has 0 aliphatic rings. The zero-order valence-electron chi connectivity index (χ0n) is 10.3. The summed E-state index contributed by atoms with van der Waals surface area (Å²) in [6.45, 7) is 0. The van der Waals surface area contributed by atoms with Crippen molar-refractivity contribution in [1.82, 2.24) is 15.4 Å². The van der Waals surface area contributed by atoms with Crippen molar-refractivity contribution in [3.8, 4) is 0 Å². The van der Waals surface area contributed by atoms with Gasteiger partial charge in [-0.15, -0.1) is 0 Å². The van der Waals surface area contributed by atoms with Crippen LogP contribution in [-0.4, -0.2) is 20.8 Å². The molecular formula is C11H8FN5O4. The van der Waals surface area contributed by atoms with Gasteiger partial charge >= 0.3 is 11.2 Å². The predicted octanol–water partition coefficient (Wildman–Crippen LogP) is 0.574. The zero-order valence-corrected chi connectivity index (χ0v) is 10.3. The fraction of sp³-hybridized carbons (Fsp3) is 0. The van der Waals surface area contributed by atoms with Crippen LogP contribution in [0.25, 0.3) is 0 Å². The van der Waals surface area contributed by atoms with Crippen molar-refractivity contribution >= 4 is 17.4 Å². The summed E-state index contributed by atoms with van der Waals surface area (Å²) in [7, 11) is 0. The first-order valence-electron chi connectivity index (χ1n) is 5.53. The number of hydrazine groups is 1. The van der Waals surface area contributed by atoms with E-state index in [1.165, 1.54) is 12.1 Å². The number of rotatable bonds is 4. The number of nitrogens with one attached hydrogen (secondary N) is 3. The Morgan fingerprint density at radius 2 is 2.00 bits per heavy atom. The molecule has 2 aromatic rings. The maximum Gasteiger partial charge on any atom is 0.377 e. The van der Waals surface area contributed by atoms with E-state index in [4.69, 9.17) is 0 Å². The van der Waals surface area contributed by atoms with Crippen LogP contribution < -0.4 is 16.4 Å². The lowest BCUT2D eigenvalue weighted by molar-refractivity contribution is -0.385. The van der Waals surface area contributed by atoms with Gasteiger partial charge in [0.15, 0.2) is 0 Å². The summed E-state index contributed by atoms with van der Waals surface area (Å²) in [6, 6.07) is 4.63. The highest BCUT2D eigenvalue weighted by Gasteiger charge is 2.20. The Morgan fingerprint density at radius 3 is 2.62 bits per heavy atom. The van der Waals surface area contributed by atoms with Crippen LogP contribution in [-0.2, 0) is 0 Å². The average molecular weight is 293 g/mol. The first-order valence-corrected chi connectivity index (χ1v) is 5.53. The molecule has 2 rings (SSSR count). The van der Waals surface area contributed by atoms with E-state index in [2.05, 4.69) is 15.8 Å². The fourth-order valence-corrected chi connectivity index (χ4v) is 1.44. The predicted molar refractivity (Wildman–Crippen MR) is 69.0 cm³/mol. The summed E-state index contributed by atoms with van der Waals surface area (Å²) >= 11 is 0. The highest BCUT2D eigenvalue weighted by molar-refractivity contribution is 5.94. The SMILES string of the molecule is O=C(NNc1nc[nH]c(=O)c1[N+](=O)[O-])c1ccc(F)cc1. The van der Waals surface area contributed by atoms with E-state index >= 15 is 0 Å². The molecule has 0 aliphatic heterocycles. The molecule has 0 fully saturated rings. The topological polar surface area (TPSA) is 130 Å². The second-order valence-corrected chi connectivity index (χ2v) is 3.77. The van der Waals surface area contributed by atoms with Crippen LogP contribution in [0.1, 0.15) is 10.4 Å². The number of halogens is 1. The van der Waals surface area contributed by atoms with Gasteiger partial charge in [-0.3, -0.25) is 30.6 Å². The van der Waals surface area contributed by atoms with Crippen molar-refractivity contribution in [3.63, 3.8) is 0 Å². The highest BCUT2D eigenvalue weighted by atomic mass is 19.1. The van der Waals surface area contributed by atoms with Crippen molar-refractivity contribution in [2.24, 2.45) is 0 Å². The maximum absolute atomic E-state index is 12.7. The van der Waals surface area contributed by atoms with E-state index in [0.29, 0.717) is 0 Å². The van der Waals surface area contributed by atoms with Gasteiger partial charge < -0.3 is 4.98 Å². The first kappa shape index (κ1) is 14.1. The van der Waals surface area contributed by atoms with Gasteiger partial charge in [-0.1, -0.05) is 0 Å². The zero-order chi connectivity index (χ0) is 15.4. The first-order chi connectivity index (χ1) is 9.99. The van der Waals surface area contributed by atoms with Crippen LogP contribution >= 0.6 is 0 Å². The molecular weight excluding hydrogens is 285 g/mol. The minimum absolute atomic E-state index is 0.122. The molecule has 108 valence electrons. The standard InChI is InChI=1S/C11H8FN5O4/c12-7-3-1-6(2-4-7)10(18)16-15-9-8(17(20)21)11(19)14-5-13-9/h1-5H,(H,16,18)(H2,13,14,15,19). The molecule has 0 saturated heterocycles. The molecule has 3 N–H and O–H groups in total. The number of carbonyl (C=O) groups is 1. The molecule has 0 radical (unpaired) electrons. The number of nitrogens with zero attached hydrogens (tertiary/aromatic N) is 2. The Bertz CT molecular complexity index is 743. The van der Waals surface area contributed by atoms with Crippen molar-refractivity contribution in [2.45, 2.75) is 0 Å². The van der Waals surface area contributed by atoms with E-state index in [1.54, 1.807) is 0 Å². The van der Waals surface area contributed by atoms with Gasteiger partial charge in [0.25, 0.3) is 5.91 Å². The smallest absolute Gasteiger partial charge is 0.307 e. The molecule has 1 amide bonds. The molecule has 1 aromatic heterocycles. The second-order valence-electron chi connectivity index (χ2n) is 3.77. The largest absolute Gasteiger partial charge is 0.377 e. The average Bonchev–Trinajstić information content (AvgIpc) is 2.45. The van der Waals surface area contributed by atoms with Gasteiger partial charge in [-0.05, 0) is 24.3 Å². The monoisotopic (exact) mass is 293 g/mol. The summed E-state index contributed by atoms with van der Waals surface area (Å²) in [5.74, 6) is -1.60. The molecule has 0 spiro atoms. The highest BCUT2D eigenvalue weighted by Crippen LogP contribution is 2.13. The third-order valence-corrected chi connectivity index (χ3v) is 2.41. The molecule has 0 atom stereocenters. The quantitative estimate of drug-likeness (QED) is 0.558. The van der Waals surface area contributed by atoms with Crippen molar-refractivity contribution in [3.05, 3.63) is 62.4 Å². The Labute approximate surface area is 116 Å². The number of amides is 1. The third-order valence-electron chi connectivity index (χ3n) is 2.41. The van der Waals surface area contributed by atoms with Gasteiger partial charge in [0.2, 0.25) is 5.82 Å². The molecule has 1 heterocycles. The lowest BCUT2D eigenvalue weighted by Gasteiger charge is -2.07. The summed E-state index contributed by atoms with van der Waals surface area (Å²) in [6.07, 6.45) is 0.946. The van der Waals surface area contributed by atoms with Crippen LogP contribution in [0.5, 0.6) is 0 Å². The van der Waals surface area contributed by atoms with E-state index in [-0.39, 0.29) is 5.56 Å². The summed E-state index contributed by atoms with van der Waals surface area (Å²) < 4.78 is 12.7. The van der Waals surface area contributed by atoms with Crippen molar-refractivity contribution in [2.75, 3.05) is 5.43 Å². The lowest BCUT2D eigenvalue weighted by atomic mass is 10.2. The molecule has 21 heavy (non-hydrogen) atoms. The van der Waals surface area contributed by atoms with Crippen molar-refractivity contribution < 1.29 is 14.1 Å². The number of nitro groups is 1. The van der Waals surface area contributed by atoms with Crippen LogP contribution in [0.2, 0.25) is 0 Å². The fourth-order valence-electron chi connectivity index (χ4n) is 1.44. The number of anilines is 1. The summed E-state index contributed by atoms with van der Waals surface area (Å²) in [5.41, 5.74) is 2.63. The maximum atomic E-state index is 12.7. The van der Waals surface area contributed by atoms with Crippen LogP contribution in [0.3, 0.4) is 0 Å². The van der Waals surface area contributed by atoms with Gasteiger partial charge in [0.05, 0.1) is 11.3 Å². The van der Waals surface area contributed by atoms with Gasteiger partial charge in [-0.25, -0.2) is 9.37 Å². The molecule has 0 bridgehead atoms. The Morgan fingerprint density at radius 1 is 1.33 bits per heavy atom. The second kappa shape index (κ2) is 5.77.